The molecule has 0 unspecified atom stereocenters. The zero-order valence-electron chi connectivity index (χ0n) is 17.5. The van der Waals surface area contributed by atoms with E-state index in [4.69, 9.17) is 11.6 Å². The minimum Gasteiger partial charge on any atom is -0.142 e. The minimum atomic E-state index is 0.759. The lowest BCUT2D eigenvalue weighted by molar-refractivity contribution is 1.04. The molecule has 0 N–H and O–H groups in total. The van der Waals surface area contributed by atoms with Crippen LogP contribution in [-0.4, -0.2) is 0 Å². The summed E-state index contributed by atoms with van der Waals surface area (Å²) in [6, 6.07) is 27.9. The smallest absolute Gasteiger partial charge is 0.0440 e. The molecule has 4 aromatic carbocycles. The second kappa shape index (κ2) is 8.09. The molecule has 6 rings (SSSR count). The van der Waals surface area contributed by atoms with Gasteiger partial charge in [-0.25, -0.2) is 0 Å². The van der Waals surface area contributed by atoms with E-state index in [2.05, 4.69) is 90.3 Å². The van der Waals surface area contributed by atoms with Gasteiger partial charge in [-0.05, 0) is 63.4 Å². The molecule has 2 heteroatoms. The van der Waals surface area contributed by atoms with Crippen molar-refractivity contribution in [1.29, 1.82) is 0 Å². The van der Waals surface area contributed by atoms with Crippen molar-refractivity contribution < 1.29 is 0 Å². The molecule has 0 aliphatic heterocycles. The fourth-order valence-corrected chi connectivity index (χ4v) is 6.09. The Kier molecular flexibility index (Phi) is 4.94. The predicted octanol–water partition coefficient (Wildman–Crippen LogP) is 9.78. The van der Waals surface area contributed by atoms with Gasteiger partial charge < -0.3 is 0 Å². The molecule has 0 saturated carbocycles. The molecule has 154 valence electrons. The lowest BCUT2D eigenvalue weighted by Crippen LogP contribution is -1.91. The molecule has 0 spiro atoms. The molecule has 1 aliphatic carbocycles. The van der Waals surface area contributed by atoms with Crippen LogP contribution >= 0.6 is 22.9 Å². The van der Waals surface area contributed by atoms with Crippen LogP contribution in [0, 0.1) is 0 Å². The summed E-state index contributed by atoms with van der Waals surface area (Å²) in [5, 5.41) is 7.05. The summed E-state index contributed by atoms with van der Waals surface area (Å²) in [5.41, 5.74) is 7.70. The van der Waals surface area contributed by atoms with Crippen molar-refractivity contribution in [2.24, 2.45) is 0 Å². The van der Waals surface area contributed by atoms with Crippen LogP contribution in [0.5, 0.6) is 0 Å². The van der Waals surface area contributed by atoms with Gasteiger partial charge in [-0.1, -0.05) is 96.6 Å². The number of thiophene rings is 1. The Bertz CT molecular complexity index is 1500. The average Bonchev–Trinajstić information content (AvgIpc) is 3.30. The molecule has 0 radical (unpaired) electrons. The zero-order chi connectivity index (χ0) is 21.5. The molecule has 1 heterocycles. The molecule has 0 fully saturated rings. The van der Waals surface area contributed by atoms with Gasteiger partial charge in [0.15, 0.2) is 0 Å². The van der Waals surface area contributed by atoms with Crippen molar-refractivity contribution in [3.8, 4) is 22.3 Å². The first-order valence-corrected chi connectivity index (χ1v) is 12.2. The lowest BCUT2D eigenvalue weighted by atomic mass is 9.86. The molecule has 1 aromatic heterocycles. The van der Waals surface area contributed by atoms with Gasteiger partial charge in [-0.15, -0.1) is 11.3 Å². The van der Waals surface area contributed by atoms with E-state index >= 15 is 0 Å². The van der Waals surface area contributed by atoms with E-state index in [0.717, 1.165) is 17.9 Å². The summed E-state index contributed by atoms with van der Waals surface area (Å²) < 4.78 is 1.34. The van der Waals surface area contributed by atoms with E-state index in [9.17, 15) is 0 Å². The highest BCUT2D eigenvalue weighted by Gasteiger charge is 2.21. The Morgan fingerprint density at radius 3 is 2.16 bits per heavy atom. The van der Waals surface area contributed by atoms with Gasteiger partial charge in [0.1, 0.15) is 0 Å². The Morgan fingerprint density at radius 2 is 1.41 bits per heavy atom. The van der Waals surface area contributed by atoms with Gasteiger partial charge in [-0.3, -0.25) is 0 Å². The maximum Gasteiger partial charge on any atom is 0.0440 e. The first kappa shape index (κ1) is 19.5. The highest BCUT2D eigenvalue weighted by Crippen LogP contribution is 2.49. The highest BCUT2D eigenvalue weighted by molar-refractivity contribution is 7.18. The SMILES string of the molecule is Clc1ccc(-c2c(-c3ccccc3)c3scc(C4=CCCC=C4)c3c3ccccc23)cc1. The normalized spacial score (nSPS) is 13.6. The van der Waals surface area contributed by atoms with E-state index in [1.165, 1.54) is 54.2 Å². The van der Waals surface area contributed by atoms with Crippen molar-refractivity contribution in [2.75, 3.05) is 0 Å². The molecule has 0 nitrogen and oxygen atoms in total. The van der Waals surface area contributed by atoms with Crippen LogP contribution < -0.4 is 0 Å². The Balaban J connectivity index is 1.80. The largest absolute Gasteiger partial charge is 0.142 e. The lowest BCUT2D eigenvalue weighted by Gasteiger charge is -2.17. The molecule has 0 atom stereocenters. The molecule has 0 saturated heterocycles. The van der Waals surface area contributed by atoms with Gasteiger partial charge >= 0.3 is 0 Å². The van der Waals surface area contributed by atoms with Crippen molar-refractivity contribution in [3.63, 3.8) is 0 Å². The average molecular weight is 449 g/mol. The summed E-state index contributed by atoms with van der Waals surface area (Å²) >= 11 is 8.10. The number of fused-ring (bicyclic) bond motifs is 3. The molecule has 0 bridgehead atoms. The van der Waals surface area contributed by atoms with Crippen LogP contribution in [0.1, 0.15) is 18.4 Å². The van der Waals surface area contributed by atoms with Crippen molar-refractivity contribution >= 4 is 49.4 Å². The second-order valence-corrected chi connectivity index (χ2v) is 9.48. The third-order valence-corrected chi connectivity index (χ3v) is 7.48. The van der Waals surface area contributed by atoms with Crippen LogP contribution in [-0.2, 0) is 0 Å². The number of hydrogen-bond acceptors (Lipinski definition) is 1. The number of allylic oxidation sites excluding steroid dienone is 4. The van der Waals surface area contributed by atoms with Crippen LogP contribution in [0.25, 0.3) is 48.7 Å². The van der Waals surface area contributed by atoms with Crippen molar-refractivity contribution in [3.05, 3.63) is 113 Å². The topological polar surface area (TPSA) is 0 Å². The minimum absolute atomic E-state index is 0.759. The summed E-state index contributed by atoms with van der Waals surface area (Å²) in [6.45, 7) is 0. The summed E-state index contributed by atoms with van der Waals surface area (Å²) in [7, 11) is 0. The Labute approximate surface area is 197 Å². The summed E-state index contributed by atoms with van der Waals surface area (Å²) in [5.74, 6) is 0. The Hall–Kier alpha value is -3.13. The molecule has 0 amide bonds. The fraction of sp³-hybridized carbons (Fsp3) is 0.0667. The monoisotopic (exact) mass is 448 g/mol. The van der Waals surface area contributed by atoms with Crippen LogP contribution in [0.4, 0.5) is 0 Å². The quantitative estimate of drug-likeness (QED) is 0.257. The maximum atomic E-state index is 6.25. The fourth-order valence-electron chi connectivity index (χ4n) is 4.80. The first-order chi connectivity index (χ1) is 15.8. The van der Waals surface area contributed by atoms with Gasteiger partial charge in [0, 0.05) is 26.2 Å². The predicted molar refractivity (Wildman–Crippen MR) is 142 cm³/mol. The van der Waals surface area contributed by atoms with Gasteiger partial charge in [0.2, 0.25) is 0 Å². The van der Waals surface area contributed by atoms with Crippen LogP contribution in [0.3, 0.4) is 0 Å². The van der Waals surface area contributed by atoms with E-state index in [1.54, 1.807) is 0 Å². The third kappa shape index (κ3) is 3.21. The number of halogens is 1. The van der Waals surface area contributed by atoms with Gasteiger partial charge in [0.05, 0.1) is 0 Å². The van der Waals surface area contributed by atoms with Crippen molar-refractivity contribution in [2.45, 2.75) is 12.8 Å². The first-order valence-electron chi connectivity index (χ1n) is 11.0. The summed E-state index contributed by atoms with van der Waals surface area (Å²) in [4.78, 5) is 0. The van der Waals surface area contributed by atoms with E-state index < -0.39 is 0 Å². The van der Waals surface area contributed by atoms with Crippen molar-refractivity contribution in [1.82, 2.24) is 0 Å². The Morgan fingerprint density at radius 1 is 0.688 bits per heavy atom. The highest BCUT2D eigenvalue weighted by atomic mass is 35.5. The number of hydrogen-bond donors (Lipinski definition) is 0. The maximum absolute atomic E-state index is 6.25. The molecule has 5 aromatic rings. The van der Waals surface area contributed by atoms with E-state index in [0.29, 0.717) is 0 Å². The van der Waals surface area contributed by atoms with Crippen LogP contribution in [0.2, 0.25) is 5.02 Å². The number of benzene rings is 4. The van der Waals surface area contributed by atoms with Gasteiger partial charge in [0.25, 0.3) is 0 Å². The number of rotatable bonds is 3. The van der Waals surface area contributed by atoms with E-state index in [-0.39, 0.29) is 0 Å². The standard InChI is InChI=1S/C30H21ClS/c31-23-17-15-22(16-18-23)27-24-13-7-8-14-25(24)29-26(20-9-3-1-4-10-20)19-32-30(29)28(27)21-11-5-2-6-12-21/h2-3,5-19H,1,4H2. The zero-order valence-corrected chi connectivity index (χ0v) is 19.1. The van der Waals surface area contributed by atoms with Gasteiger partial charge in [-0.2, -0.15) is 0 Å². The summed E-state index contributed by atoms with van der Waals surface area (Å²) in [6.07, 6.45) is 9.19. The molecule has 32 heavy (non-hydrogen) atoms. The molecular weight excluding hydrogens is 428 g/mol. The molecular formula is C30H21ClS. The second-order valence-electron chi connectivity index (χ2n) is 8.16. The molecule has 1 aliphatic rings. The van der Waals surface area contributed by atoms with Crippen LogP contribution in [0.15, 0.2) is 102 Å². The van der Waals surface area contributed by atoms with E-state index in [1.807, 2.05) is 23.5 Å². The third-order valence-electron chi connectivity index (χ3n) is 6.24.